The van der Waals surface area contributed by atoms with E-state index in [-0.39, 0.29) is 4.90 Å². The number of anilines is 1. The molecule has 78 valence electrons. The molecule has 1 rings (SSSR count). The third-order valence-electron chi connectivity index (χ3n) is 1.61. The van der Waals surface area contributed by atoms with Gasteiger partial charge in [0.25, 0.3) is 0 Å². The highest BCUT2D eigenvalue weighted by molar-refractivity contribution is 14.1. The summed E-state index contributed by atoms with van der Waals surface area (Å²) in [6.07, 6.45) is 0. The van der Waals surface area contributed by atoms with Gasteiger partial charge in [0.15, 0.2) is 0 Å². The van der Waals surface area contributed by atoms with Gasteiger partial charge >= 0.3 is 0 Å². The van der Waals surface area contributed by atoms with E-state index in [1.807, 2.05) is 22.9 Å². The minimum atomic E-state index is -3.32. The van der Waals surface area contributed by atoms with Crippen LogP contribution in [0.4, 0.5) is 5.69 Å². The molecule has 1 aromatic rings. The first-order chi connectivity index (χ1) is 6.60. The normalized spacial score (nSPS) is 11.3. The Morgan fingerprint density at radius 2 is 1.86 bits per heavy atom. The molecule has 0 saturated carbocycles. The van der Waals surface area contributed by atoms with Crippen molar-refractivity contribution in [3.05, 3.63) is 24.3 Å². The molecule has 0 fully saturated rings. The van der Waals surface area contributed by atoms with Gasteiger partial charge in [0, 0.05) is 12.2 Å². The van der Waals surface area contributed by atoms with Gasteiger partial charge in [-0.25, -0.2) is 13.1 Å². The molecule has 0 amide bonds. The summed E-state index contributed by atoms with van der Waals surface area (Å²) in [5.74, 6) is 0. The van der Waals surface area contributed by atoms with Crippen LogP contribution in [0.25, 0.3) is 0 Å². The maximum Gasteiger partial charge on any atom is 0.240 e. The molecule has 0 radical (unpaired) electrons. The average Bonchev–Trinajstić information content (AvgIpc) is 2.18. The molecule has 0 heterocycles. The van der Waals surface area contributed by atoms with Crippen LogP contribution in [-0.2, 0) is 10.0 Å². The Hall–Kier alpha value is -0.340. The van der Waals surface area contributed by atoms with E-state index in [0.717, 1.165) is 5.69 Å². The zero-order valence-corrected chi connectivity index (χ0v) is 10.6. The van der Waals surface area contributed by atoms with Crippen LogP contribution in [0.5, 0.6) is 0 Å². The van der Waals surface area contributed by atoms with Gasteiger partial charge in [0.05, 0.1) is 27.8 Å². The lowest BCUT2D eigenvalue weighted by molar-refractivity contribution is 0.584. The molecule has 0 aliphatic rings. The van der Waals surface area contributed by atoms with Gasteiger partial charge in [-0.2, -0.15) is 0 Å². The Morgan fingerprint density at radius 3 is 2.29 bits per heavy atom. The van der Waals surface area contributed by atoms with Crippen LogP contribution in [0.15, 0.2) is 29.2 Å². The van der Waals surface area contributed by atoms with E-state index in [2.05, 4.69) is 8.25 Å². The summed E-state index contributed by atoms with van der Waals surface area (Å²) in [7, 11) is -3.32. The first kappa shape index (κ1) is 11.7. The van der Waals surface area contributed by atoms with E-state index in [4.69, 9.17) is 0 Å². The molecule has 0 aromatic heterocycles. The van der Waals surface area contributed by atoms with E-state index in [9.17, 15) is 8.42 Å². The highest BCUT2D eigenvalue weighted by Gasteiger charge is 2.11. The molecule has 0 spiro atoms. The van der Waals surface area contributed by atoms with E-state index in [1.165, 1.54) is 0 Å². The topological polar surface area (TPSA) is 58.2 Å². The standard InChI is InChI=1S/C8H11IN2O2S/c1-2-10-14(12,13)8-5-3-7(11-9)4-6-8/h3-6,10-11H,2H2,1H3. The zero-order chi connectivity index (χ0) is 10.6. The lowest BCUT2D eigenvalue weighted by atomic mass is 10.3. The monoisotopic (exact) mass is 326 g/mol. The lowest BCUT2D eigenvalue weighted by Gasteiger charge is -2.04. The third-order valence-corrected chi connectivity index (χ3v) is 3.79. The molecule has 0 aliphatic heterocycles. The number of nitrogens with one attached hydrogen (secondary N) is 2. The molecule has 0 atom stereocenters. The SMILES string of the molecule is CCNS(=O)(=O)c1ccc(NI)cc1. The van der Waals surface area contributed by atoms with Gasteiger partial charge in [-0.05, 0) is 24.3 Å². The number of hydrogen-bond donors (Lipinski definition) is 2. The van der Waals surface area contributed by atoms with Gasteiger partial charge in [-0.3, -0.25) is 0 Å². The Labute approximate surface area is 97.6 Å². The third kappa shape index (κ3) is 2.82. The van der Waals surface area contributed by atoms with Gasteiger partial charge in [-0.15, -0.1) is 0 Å². The van der Waals surface area contributed by atoms with Crippen molar-refractivity contribution >= 4 is 38.6 Å². The average molecular weight is 326 g/mol. The molecule has 1 aromatic carbocycles. The van der Waals surface area contributed by atoms with Crippen molar-refractivity contribution in [2.45, 2.75) is 11.8 Å². The number of halogens is 1. The van der Waals surface area contributed by atoms with Gasteiger partial charge < -0.3 is 3.53 Å². The van der Waals surface area contributed by atoms with Crippen LogP contribution in [0.2, 0.25) is 0 Å². The van der Waals surface area contributed by atoms with Gasteiger partial charge in [-0.1, -0.05) is 6.92 Å². The highest BCUT2D eigenvalue weighted by Crippen LogP contribution is 2.14. The fourth-order valence-electron chi connectivity index (χ4n) is 0.970. The van der Waals surface area contributed by atoms with E-state index < -0.39 is 10.0 Å². The van der Waals surface area contributed by atoms with Crippen molar-refractivity contribution in [2.75, 3.05) is 10.1 Å². The van der Waals surface area contributed by atoms with E-state index >= 15 is 0 Å². The molecule has 0 saturated heterocycles. The summed E-state index contributed by atoms with van der Waals surface area (Å²) >= 11 is 1.99. The maximum absolute atomic E-state index is 11.5. The van der Waals surface area contributed by atoms with Crippen LogP contribution >= 0.6 is 22.9 Å². The molecule has 0 aliphatic carbocycles. The number of hydrogen-bond acceptors (Lipinski definition) is 3. The van der Waals surface area contributed by atoms with Crippen molar-refractivity contribution < 1.29 is 8.42 Å². The second-order valence-electron chi connectivity index (χ2n) is 2.62. The van der Waals surface area contributed by atoms with Crippen molar-refractivity contribution in [1.82, 2.24) is 4.72 Å². The smallest absolute Gasteiger partial charge is 0.240 e. The van der Waals surface area contributed by atoms with E-state index in [1.54, 1.807) is 31.2 Å². The zero-order valence-electron chi connectivity index (χ0n) is 7.62. The molecule has 4 nitrogen and oxygen atoms in total. The Balaban J connectivity index is 2.97. The molecule has 14 heavy (non-hydrogen) atoms. The Bertz CT molecular complexity index is 388. The fourth-order valence-corrected chi connectivity index (χ4v) is 2.37. The van der Waals surface area contributed by atoms with Crippen molar-refractivity contribution in [1.29, 1.82) is 0 Å². The van der Waals surface area contributed by atoms with Crippen molar-refractivity contribution in [2.24, 2.45) is 0 Å². The first-order valence-electron chi connectivity index (χ1n) is 4.06. The summed E-state index contributed by atoms with van der Waals surface area (Å²) < 4.78 is 28.3. The quantitative estimate of drug-likeness (QED) is 0.655. The molecular formula is C8H11IN2O2S. The highest BCUT2D eigenvalue weighted by atomic mass is 127. The van der Waals surface area contributed by atoms with Crippen LogP contribution in [-0.4, -0.2) is 15.0 Å². The van der Waals surface area contributed by atoms with Crippen LogP contribution < -0.4 is 8.25 Å². The predicted molar refractivity (Wildman–Crippen MR) is 64.9 cm³/mol. The van der Waals surface area contributed by atoms with E-state index in [0.29, 0.717) is 6.54 Å². The maximum atomic E-state index is 11.5. The second kappa shape index (κ2) is 4.94. The predicted octanol–water partition coefficient (Wildman–Crippen LogP) is 1.75. The first-order valence-corrected chi connectivity index (χ1v) is 6.62. The molecule has 6 heteroatoms. The fraction of sp³-hybridized carbons (Fsp3) is 0.250. The summed E-state index contributed by atoms with van der Waals surface area (Å²) in [5, 5.41) is 0. The van der Waals surface area contributed by atoms with Gasteiger partial charge in [0.2, 0.25) is 10.0 Å². The summed E-state index contributed by atoms with van der Waals surface area (Å²) in [4.78, 5) is 0.287. The van der Waals surface area contributed by atoms with Crippen LogP contribution in [0.1, 0.15) is 6.92 Å². The Kier molecular flexibility index (Phi) is 4.14. The minimum absolute atomic E-state index is 0.287. The number of benzene rings is 1. The number of rotatable bonds is 4. The van der Waals surface area contributed by atoms with Crippen LogP contribution in [0.3, 0.4) is 0 Å². The number of sulfonamides is 1. The van der Waals surface area contributed by atoms with Crippen LogP contribution in [0, 0.1) is 0 Å². The van der Waals surface area contributed by atoms with Gasteiger partial charge in [0.1, 0.15) is 0 Å². The molecule has 0 unspecified atom stereocenters. The van der Waals surface area contributed by atoms with Crippen molar-refractivity contribution in [3.8, 4) is 0 Å². The van der Waals surface area contributed by atoms with Crippen molar-refractivity contribution in [3.63, 3.8) is 0 Å². The summed E-state index contributed by atoms with van der Waals surface area (Å²) in [6, 6.07) is 6.57. The second-order valence-corrected chi connectivity index (χ2v) is 4.93. The summed E-state index contributed by atoms with van der Waals surface area (Å²) in [5.41, 5.74) is 0.876. The molecule has 2 N–H and O–H groups in total. The lowest BCUT2D eigenvalue weighted by Crippen LogP contribution is -2.22. The molecule has 0 bridgehead atoms. The summed E-state index contributed by atoms with van der Waals surface area (Å²) in [6.45, 7) is 2.15. The Morgan fingerprint density at radius 1 is 1.29 bits per heavy atom. The molecular weight excluding hydrogens is 315 g/mol. The minimum Gasteiger partial charge on any atom is -0.328 e. The largest absolute Gasteiger partial charge is 0.328 e.